The molecule has 0 radical (unpaired) electrons. The summed E-state index contributed by atoms with van der Waals surface area (Å²) in [6, 6.07) is 11.3. The van der Waals surface area contributed by atoms with Crippen LogP contribution >= 0.6 is 15.9 Å². The molecule has 3 rings (SSSR count). The Morgan fingerprint density at radius 2 is 1.78 bits per heavy atom. The zero-order valence-electron chi connectivity index (χ0n) is 12.6. The van der Waals surface area contributed by atoms with Crippen molar-refractivity contribution in [3.8, 4) is 0 Å². The molecule has 1 aliphatic heterocycles. The highest BCUT2D eigenvalue weighted by molar-refractivity contribution is 9.10. The molecule has 0 bridgehead atoms. The first-order valence-electron chi connectivity index (χ1n) is 7.50. The lowest BCUT2D eigenvalue weighted by molar-refractivity contribution is 0.477. The molecule has 0 atom stereocenters. The molecule has 122 valence electrons. The molecule has 2 aromatic rings. The van der Waals surface area contributed by atoms with Crippen molar-refractivity contribution >= 4 is 31.8 Å². The predicted molar refractivity (Wildman–Crippen MR) is 93.7 cm³/mol. The lowest BCUT2D eigenvalue weighted by atomic mass is 10.2. The minimum absolute atomic E-state index is 0.258. The first kappa shape index (κ1) is 16.4. The lowest BCUT2D eigenvalue weighted by Gasteiger charge is -2.15. The predicted octanol–water partition coefficient (Wildman–Crippen LogP) is 3.24. The van der Waals surface area contributed by atoms with Crippen molar-refractivity contribution < 1.29 is 8.42 Å². The highest BCUT2D eigenvalue weighted by Gasteiger charge is 2.27. The number of sulfonamides is 1. The number of hydrogen-bond acceptors (Lipinski definition) is 4. The van der Waals surface area contributed by atoms with Crippen molar-refractivity contribution in [2.75, 3.05) is 18.4 Å². The van der Waals surface area contributed by atoms with Gasteiger partial charge in [0.2, 0.25) is 10.0 Å². The summed E-state index contributed by atoms with van der Waals surface area (Å²) in [4.78, 5) is 4.48. The monoisotopic (exact) mass is 395 g/mol. The molecule has 0 spiro atoms. The normalized spacial score (nSPS) is 15.7. The summed E-state index contributed by atoms with van der Waals surface area (Å²) < 4.78 is 27.4. The van der Waals surface area contributed by atoms with Crippen LogP contribution in [0.3, 0.4) is 0 Å². The lowest BCUT2D eigenvalue weighted by Crippen LogP contribution is -2.27. The summed E-state index contributed by atoms with van der Waals surface area (Å²) in [6.07, 6.45) is 3.29. The van der Waals surface area contributed by atoms with E-state index in [9.17, 15) is 8.42 Å². The highest BCUT2D eigenvalue weighted by atomic mass is 79.9. The number of rotatable bonds is 5. The maximum absolute atomic E-state index is 12.4. The van der Waals surface area contributed by atoms with Crippen LogP contribution in [0.5, 0.6) is 0 Å². The van der Waals surface area contributed by atoms with Gasteiger partial charge in [-0.1, -0.05) is 28.1 Å². The fourth-order valence-corrected chi connectivity index (χ4v) is 4.24. The standard InChI is InChI=1S/C16H18BrN3O2S/c17-14-5-3-13(4-6-14)11-18-16-8-7-15(12-19-16)23(21,22)20-9-1-2-10-20/h3-8,12H,1-2,9-11H2,(H,18,19). The third kappa shape index (κ3) is 3.91. The second-order valence-corrected chi connectivity index (χ2v) is 8.32. The SMILES string of the molecule is O=S(=O)(c1ccc(NCc2ccc(Br)cc2)nc1)N1CCCC1. The second-order valence-electron chi connectivity index (χ2n) is 5.47. The van der Waals surface area contributed by atoms with Crippen molar-refractivity contribution in [3.63, 3.8) is 0 Å². The molecule has 1 aromatic heterocycles. The van der Waals surface area contributed by atoms with Gasteiger partial charge in [-0.25, -0.2) is 13.4 Å². The molecule has 0 unspecified atom stereocenters. The Labute approximate surface area is 144 Å². The minimum Gasteiger partial charge on any atom is -0.366 e. The fourth-order valence-electron chi connectivity index (χ4n) is 2.51. The number of benzene rings is 1. The third-order valence-corrected chi connectivity index (χ3v) is 6.24. The summed E-state index contributed by atoms with van der Waals surface area (Å²) >= 11 is 3.40. The van der Waals surface area contributed by atoms with E-state index in [1.807, 2.05) is 24.3 Å². The maximum Gasteiger partial charge on any atom is 0.244 e. The van der Waals surface area contributed by atoms with Crippen LogP contribution in [-0.4, -0.2) is 30.8 Å². The van der Waals surface area contributed by atoms with Crippen molar-refractivity contribution in [1.82, 2.24) is 9.29 Å². The molecule has 0 saturated carbocycles. The number of pyridine rings is 1. The van der Waals surface area contributed by atoms with E-state index in [4.69, 9.17) is 0 Å². The molecule has 0 amide bonds. The summed E-state index contributed by atoms with van der Waals surface area (Å²) in [5.74, 6) is 0.660. The molecule has 1 N–H and O–H groups in total. The molecule has 0 aliphatic carbocycles. The van der Waals surface area contributed by atoms with Gasteiger partial charge in [0.1, 0.15) is 10.7 Å². The Kier molecular flexibility index (Phi) is 4.99. The number of nitrogens with one attached hydrogen (secondary N) is 1. The summed E-state index contributed by atoms with van der Waals surface area (Å²) in [5, 5.41) is 3.19. The average Bonchev–Trinajstić information content (AvgIpc) is 3.10. The average molecular weight is 396 g/mol. The van der Waals surface area contributed by atoms with Crippen LogP contribution in [0.4, 0.5) is 5.82 Å². The molecule has 1 aliphatic rings. The zero-order valence-corrected chi connectivity index (χ0v) is 15.0. The largest absolute Gasteiger partial charge is 0.366 e. The molecular formula is C16H18BrN3O2S. The van der Waals surface area contributed by atoms with E-state index in [0.29, 0.717) is 25.5 Å². The van der Waals surface area contributed by atoms with E-state index in [0.717, 1.165) is 22.9 Å². The Hall–Kier alpha value is -1.44. The van der Waals surface area contributed by atoms with Gasteiger partial charge in [-0.05, 0) is 42.7 Å². The van der Waals surface area contributed by atoms with Gasteiger partial charge in [-0.3, -0.25) is 0 Å². The highest BCUT2D eigenvalue weighted by Crippen LogP contribution is 2.21. The number of nitrogens with zero attached hydrogens (tertiary/aromatic N) is 2. The van der Waals surface area contributed by atoms with E-state index in [1.165, 1.54) is 10.5 Å². The zero-order chi connectivity index (χ0) is 16.3. The summed E-state index contributed by atoms with van der Waals surface area (Å²) in [7, 11) is -3.39. The molecule has 1 fully saturated rings. The number of anilines is 1. The van der Waals surface area contributed by atoms with Gasteiger partial charge < -0.3 is 5.32 Å². The quantitative estimate of drug-likeness (QED) is 0.843. The smallest absolute Gasteiger partial charge is 0.244 e. The molecule has 1 aromatic carbocycles. The summed E-state index contributed by atoms with van der Waals surface area (Å²) in [6.45, 7) is 1.84. The van der Waals surface area contributed by atoms with E-state index in [2.05, 4.69) is 26.2 Å². The molecule has 7 heteroatoms. The number of halogens is 1. The molecule has 1 saturated heterocycles. The van der Waals surface area contributed by atoms with Crippen molar-refractivity contribution in [2.24, 2.45) is 0 Å². The molecule has 5 nitrogen and oxygen atoms in total. The van der Waals surface area contributed by atoms with Gasteiger partial charge >= 0.3 is 0 Å². The second kappa shape index (κ2) is 6.98. The Balaban J connectivity index is 1.66. The van der Waals surface area contributed by atoms with Crippen LogP contribution in [0.2, 0.25) is 0 Å². The van der Waals surface area contributed by atoms with Gasteiger partial charge in [-0.15, -0.1) is 0 Å². The van der Waals surface area contributed by atoms with Crippen molar-refractivity contribution in [1.29, 1.82) is 0 Å². The van der Waals surface area contributed by atoms with E-state index < -0.39 is 10.0 Å². The fraction of sp³-hybridized carbons (Fsp3) is 0.312. The van der Waals surface area contributed by atoms with E-state index >= 15 is 0 Å². The van der Waals surface area contributed by atoms with Crippen molar-refractivity contribution in [3.05, 3.63) is 52.6 Å². The summed E-state index contributed by atoms with van der Waals surface area (Å²) in [5.41, 5.74) is 1.13. The number of hydrogen-bond donors (Lipinski definition) is 1. The van der Waals surface area contributed by atoms with Crippen LogP contribution in [0, 0.1) is 0 Å². The first-order valence-corrected chi connectivity index (χ1v) is 9.73. The Morgan fingerprint density at radius 3 is 2.39 bits per heavy atom. The van der Waals surface area contributed by atoms with Gasteiger partial charge in [0.15, 0.2) is 0 Å². The Bertz CT molecular complexity index is 755. The van der Waals surface area contributed by atoms with E-state index in [1.54, 1.807) is 12.1 Å². The van der Waals surface area contributed by atoms with Gasteiger partial charge in [-0.2, -0.15) is 4.31 Å². The molecular weight excluding hydrogens is 378 g/mol. The van der Waals surface area contributed by atoms with Gasteiger partial charge in [0.25, 0.3) is 0 Å². The molecule has 23 heavy (non-hydrogen) atoms. The topological polar surface area (TPSA) is 62.3 Å². The Morgan fingerprint density at radius 1 is 1.09 bits per heavy atom. The first-order chi connectivity index (χ1) is 11.1. The van der Waals surface area contributed by atoms with Crippen LogP contribution in [0.1, 0.15) is 18.4 Å². The van der Waals surface area contributed by atoms with E-state index in [-0.39, 0.29) is 4.90 Å². The van der Waals surface area contributed by atoms with Crippen LogP contribution in [0.15, 0.2) is 52.0 Å². The van der Waals surface area contributed by atoms with Gasteiger partial charge in [0, 0.05) is 30.3 Å². The van der Waals surface area contributed by atoms with Crippen LogP contribution < -0.4 is 5.32 Å². The molecule has 2 heterocycles. The maximum atomic E-state index is 12.4. The van der Waals surface area contributed by atoms with Crippen molar-refractivity contribution in [2.45, 2.75) is 24.3 Å². The van der Waals surface area contributed by atoms with Crippen LogP contribution in [0.25, 0.3) is 0 Å². The van der Waals surface area contributed by atoms with Gasteiger partial charge in [0.05, 0.1) is 0 Å². The van der Waals surface area contributed by atoms with Crippen LogP contribution in [-0.2, 0) is 16.6 Å². The minimum atomic E-state index is -3.39. The third-order valence-electron chi connectivity index (χ3n) is 3.83. The number of aromatic nitrogens is 1.